The molecule has 0 heterocycles. The van der Waals surface area contributed by atoms with Crippen LogP contribution in [0.1, 0.15) is 57.6 Å². The Hall–Kier alpha value is -0.630. The molecule has 0 atom stereocenters. The first-order valence-electron chi connectivity index (χ1n) is 6.83. The molecule has 0 aliphatic heterocycles. The molecule has 0 spiro atoms. The van der Waals surface area contributed by atoms with E-state index >= 15 is 0 Å². The summed E-state index contributed by atoms with van der Waals surface area (Å²) in [4.78, 5) is 0.972. The first-order chi connectivity index (χ1) is 8.23. The average molecular weight is 263 g/mol. The fourth-order valence-corrected chi connectivity index (χ4v) is 3.81. The largest absolute Gasteiger partial charge is 0.398 e. The molecule has 0 bridgehead atoms. The van der Waals surface area contributed by atoms with Gasteiger partial charge < -0.3 is 5.73 Å². The summed E-state index contributed by atoms with van der Waals surface area (Å²) in [6.07, 6.45) is 5.36. The third-order valence-electron chi connectivity index (χ3n) is 4.59. The maximum atomic E-state index is 6.08. The summed E-state index contributed by atoms with van der Waals surface area (Å²) < 4.78 is 0. The van der Waals surface area contributed by atoms with E-state index in [2.05, 4.69) is 46.4 Å². The first-order valence-corrected chi connectivity index (χ1v) is 7.28. The van der Waals surface area contributed by atoms with Crippen LogP contribution in [-0.4, -0.2) is 0 Å². The predicted octanol–water partition coefficient (Wildman–Crippen LogP) is 4.72. The normalized spacial score (nSPS) is 18.5. The number of hydrogen-bond donors (Lipinski definition) is 2. The van der Waals surface area contributed by atoms with E-state index in [1.165, 1.54) is 36.8 Å². The lowest BCUT2D eigenvalue weighted by molar-refractivity contribution is 0.112. The summed E-state index contributed by atoms with van der Waals surface area (Å²) in [5, 5.41) is 0. The van der Waals surface area contributed by atoms with Gasteiger partial charge >= 0.3 is 0 Å². The molecule has 1 aromatic carbocycles. The standard InChI is InChI=1S/C16H25NS/c1-11-13(8-12(18)9-14(11)17)15(2,3)10-16(4)6-5-7-16/h8-9,18H,5-7,10,17H2,1-4H3. The van der Waals surface area contributed by atoms with Gasteiger partial charge in [-0.15, -0.1) is 12.6 Å². The Balaban J connectivity index is 2.34. The molecule has 2 rings (SSSR count). The first kappa shape index (κ1) is 13.8. The van der Waals surface area contributed by atoms with Crippen LogP contribution in [0.25, 0.3) is 0 Å². The van der Waals surface area contributed by atoms with E-state index in [-0.39, 0.29) is 5.41 Å². The zero-order valence-electron chi connectivity index (χ0n) is 12.0. The highest BCUT2D eigenvalue weighted by Crippen LogP contribution is 2.50. The summed E-state index contributed by atoms with van der Waals surface area (Å²) in [6.45, 7) is 9.22. The summed E-state index contributed by atoms with van der Waals surface area (Å²) in [7, 11) is 0. The Labute approximate surface area is 117 Å². The fraction of sp³-hybridized carbons (Fsp3) is 0.625. The second-order valence-corrected chi connectivity index (χ2v) is 7.45. The van der Waals surface area contributed by atoms with Gasteiger partial charge in [0.05, 0.1) is 0 Å². The van der Waals surface area contributed by atoms with Gasteiger partial charge in [0, 0.05) is 10.6 Å². The smallest absolute Gasteiger partial charge is 0.0357 e. The highest BCUT2D eigenvalue weighted by Gasteiger charge is 2.38. The molecule has 1 fully saturated rings. The van der Waals surface area contributed by atoms with E-state index < -0.39 is 0 Å². The maximum absolute atomic E-state index is 6.08. The molecule has 1 aliphatic carbocycles. The number of rotatable bonds is 3. The molecule has 0 saturated heterocycles. The molecule has 0 radical (unpaired) electrons. The second-order valence-electron chi connectivity index (χ2n) is 6.93. The number of nitrogen functional groups attached to an aromatic ring is 1. The van der Waals surface area contributed by atoms with Crippen molar-refractivity contribution in [2.24, 2.45) is 5.41 Å². The van der Waals surface area contributed by atoms with Crippen molar-refractivity contribution in [3.8, 4) is 0 Å². The van der Waals surface area contributed by atoms with Crippen molar-refractivity contribution in [2.45, 2.75) is 63.7 Å². The monoisotopic (exact) mass is 263 g/mol. The van der Waals surface area contributed by atoms with Gasteiger partial charge in [0.1, 0.15) is 0 Å². The van der Waals surface area contributed by atoms with E-state index in [0.717, 1.165) is 10.6 Å². The average Bonchev–Trinajstić information content (AvgIpc) is 2.20. The molecule has 1 nitrogen and oxygen atoms in total. The molecule has 0 aromatic heterocycles. The molecular weight excluding hydrogens is 238 g/mol. The molecule has 1 saturated carbocycles. The predicted molar refractivity (Wildman–Crippen MR) is 82.4 cm³/mol. The van der Waals surface area contributed by atoms with Gasteiger partial charge in [-0.1, -0.05) is 27.2 Å². The fourth-order valence-electron chi connectivity index (χ4n) is 3.54. The third kappa shape index (κ3) is 2.54. The van der Waals surface area contributed by atoms with E-state index in [1.807, 2.05) is 6.07 Å². The highest BCUT2D eigenvalue weighted by molar-refractivity contribution is 7.80. The minimum Gasteiger partial charge on any atom is -0.398 e. The van der Waals surface area contributed by atoms with Crippen molar-refractivity contribution in [2.75, 3.05) is 5.73 Å². The number of benzene rings is 1. The zero-order chi connectivity index (χ0) is 13.6. The molecule has 1 aliphatic rings. The summed E-state index contributed by atoms with van der Waals surface area (Å²) >= 11 is 4.47. The van der Waals surface area contributed by atoms with Crippen LogP contribution >= 0.6 is 12.6 Å². The molecule has 0 amide bonds. The second kappa shape index (κ2) is 4.48. The molecule has 2 heteroatoms. The number of thiol groups is 1. The van der Waals surface area contributed by atoms with E-state index in [0.29, 0.717) is 5.41 Å². The van der Waals surface area contributed by atoms with Crippen molar-refractivity contribution in [3.05, 3.63) is 23.3 Å². The van der Waals surface area contributed by atoms with Crippen LogP contribution in [0, 0.1) is 12.3 Å². The van der Waals surface area contributed by atoms with Crippen LogP contribution in [0.15, 0.2) is 17.0 Å². The Kier molecular flexibility index (Phi) is 3.44. The number of anilines is 1. The molecule has 18 heavy (non-hydrogen) atoms. The van der Waals surface area contributed by atoms with Crippen LogP contribution < -0.4 is 5.73 Å². The van der Waals surface area contributed by atoms with Gasteiger partial charge in [-0.2, -0.15) is 0 Å². The number of hydrogen-bond acceptors (Lipinski definition) is 2. The lowest BCUT2D eigenvalue weighted by atomic mass is 9.61. The van der Waals surface area contributed by atoms with Gasteiger partial charge in [-0.25, -0.2) is 0 Å². The van der Waals surface area contributed by atoms with E-state index in [4.69, 9.17) is 5.73 Å². The lowest BCUT2D eigenvalue weighted by Crippen LogP contribution is -2.34. The SMILES string of the molecule is Cc1c(N)cc(S)cc1C(C)(C)CC1(C)CCC1. The van der Waals surface area contributed by atoms with Crippen LogP contribution in [-0.2, 0) is 5.41 Å². The Bertz CT molecular complexity index is 458. The van der Waals surface area contributed by atoms with E-state index in [1.54, 1.807) is 0 Å². The zero-order valence-corrected chi connectivity index (χ0v) is 12.9. The topological polar surface area (TPSA) is 26.0 Å². The molecule has 0 unspecified atom stereocenters. The third-order valence-corrected chi connectivity index (χ3v) is 4.85. The Morgan fingerprint density at radius 1 is 1.33 bits per heavy atom. The van der Waals surface area contributed by atoms with Gasteiger partial charge in [-0.3, -0.25) is 0 Å². The van der Waals surface area contributed by atoms with E-state index in [9.17, 15) is 0 Å². The lowest BCUT2D eigenvalue weighted by Gasteiger charge is -2.44. The van der Waals surface area contributed by atoms with Crippen LogP contribution in [0.3, 0.4) is 0 Å². The van der Waals surface area contributed by atoms with Gasteiger partial charge in [-0.05, 0) is 60.3 Å². The summed E-state index contributed by atoms with van der Waals surface area (Å²) in [5.41, 5.74) is 10.2. The van der Waals surface area contributed by atoms with Gasteiger partial charge in [0.2, 0.25) is 0 Å². The van der Waals surface area contributed by atoms with Gasteiger partial charge in [0.25, 0.3) is 0 Å². The Morgan fingerprint density at radius 2 is 1.94 bits per heavy atom. The van der Waals surface area contributed by atoms with Crippen molar-refractivity contribution < 1.29 is 0 Å². The number of nitrogens with two attached hydrogens (primary N) is 1. The minimum absolute atomic E-state index is 0.173. The van der Waals surface area contributed by atoms with Crippen LogP contribution in [0.5, 0.6) is 0 Å². The molecule has 2 N–H and O–H groups in total. The van der Waals surface area contributed by atoms with Crippen molar-refractivity contribution in [1.29, 1.82) is 0 Å². The quantitative estimate of drug-likeness (QED) is 0.599. The highest BCUT2D eigenvalue weighted by atomic mass is 32.1. The Morgan fingerprint density at radius 3 is 2.44 bits per heavy atom. The van der Waals surface area contributed by atoms with Crippen molar-refractivity contribution in [3.63, 3.8) is 0 Å². The van der Waals surface area contributed by atoms with Crippen molar-refractivity contribution >= 4 is 18.3 Å². The molecule has 100 valence electrons. The summed E-state index contributed by atoms with van der Waals surface area (Å²) in [6, 6.07) is 4.14. The summed E-state index contributed by atoms with van der Waals surface area (Å²) in [5.74, 6) is 0. The van der Waals surface area contributed by atoms with Crippen LogP contribution in [0.4, 0.5) is 5.69 Å². The molecular formula is C16H25NS. The minimum atomic E-state index is 0.173. The van der Waals surface area contributed by atoms with Crippen molar-refractivity contribution in [1.82, 2.24) is 0 Å². The molecule has 1 aromatic rings. The van der Waals surface area contributed by atoms with Crippen LogP contribution in [0.2, 0.25) is 0 Å². The van der Waals surface area contributed by atoms with Gasteiger partial charge in [0.15, 0.2) is 0 Å². The maximum Gasteiger partial charge on any atom is 0.0357 e.